The zero-order valence-corrected chi connectivity index (χ0v) is 18.6. The molecule has 3 nitrogen and oxygen atoms in total. The monoisotopic (exact) mass is 598 g/mol. The highest BCUT2D eigenvalue weighted by Crippen LogP contribution is 2.20. The average molecular weight is 598 g/mol. The van der Waals surface area contributed by atoms with Gasteiger partial charge in [-0.1, -0.05) is 17.7 Å². The van der Waals surface area contributed by atoms with E-state index in [2.05, 4.69) is 79.8 Å². The van der Waals surface area contributed by atoms with E-state index in [-0.39, 0.29) is 21.2 Å². The molecule has 25 heavy (non-hydrogen) atoms. The van der Waals surface area contributed by atoms with Crippen molar-refractivity contribution in [1.29, 1.82) is 0 Å². The summed E-state index contributed by atoms with van der Waals surface area (Å²) >= 11 is 2.31. The summed E-state index contributed by atoms with van der Waals surface area (Å²) in [5.74, 6) is 0. The predicted octanol–water partition coefficient (Wildman–Crippen LogP) is 1.40. The first-order chi connectivity index (χ1) is 11.3. The fourth-order valence-corrected chi connectivity index (χ4v) is 4.78. The minimum Gasteiger partial charge on any atom is -0.741 e. The number of halogens is 5. The topological polar surface area (TPSA) is 57.2 Å². The van der Waals surface area contributed by atoms with Crippen LogP contribution in [-0.2, 0) is 10.1 Å². The lowest BCUT2D eigenvalue weighted by molar-refractivity contribution is -0.598. The third kappa shape index (κ3) is 7.39. The van der Waals surface area contributed by atoms with E-state index in [0.29, 0.717) is 0 Å². The van der Waals surface area contributed by atoms with E-state index in [1.165, 1.54) is 23.8 Å². The molecule has 2 aromatic rings. The Morgan fingerprint density at radius 2 is 1.40 bits per heavy atom. The second-order valence-corrected chi connectivity index (χ2v) is 10.6. The van der Waals surface area contributed by atoms with Crippen molar-refractivity contribution in [3.63, 3.8) is 0 Å². The molecule has 0 spiro atoms. The number of alkyl halides is 3. The Bertz CT molecular complexity index is 810. The third-order valence-corrected chi connectivity index (χ3v) is 7.74. The van der Waals surface area contributed by atoms with E-state index in [1.54, 1.807) is 3.57 Å². The molecule has 138 valence electrons. The van der Waals surface area contributed by atoms with Crippen LogP contribution in [0, 0.1) is 31.5 Å². The molecule has 0 N–H and O–H groups in total. The summed E-state index contributed by atoms with van der Waals surface area (Å²) < 4.78 is 63.3. The van der Waals surface area contributed by atoms with Crippen LogP contribution >= 0.6 is 22.6 Å². The minimum atomic E-state index is -6.09. The second-order valence-electron chi connectivity index (χ2n) is 5.14. The number of aryl methyl sites for hydroxylation is 3. The van der Waals surface area contributed by atoms with Crippen molar-refractivity contribution in [1.82, 2.24) is 0 Å². The van der Waals surface area contributed by atoms with Gasteiger partial charge in [-0.25, -0.2) is 8.42 Å². The maximum Gasteiger partial charge on any atom is 0.485 e. The predicted molar refractivity (Wildman–Crippen MR) is 93.0 cm³/mol. The van der Waals surface area contributed by atoms with Crippen LogP contribution in [0.4, 0.5) is 13.2 Å². The molecule has 0 heterocycles. The Balaban J connectivity index is 0.000000333. The molecule has 0 aromatic heterocycles. The van der Waals surface area contributed by atoms with Crippen molar-refractivity contribution in [2.75, 3.05) is 0 Å². The van der Waals surface area contributed by atoms with Gasteiger partial charge in [-0.15, -0.1) is 0 Å². The van der Waals surface area contributed by atoms with Gasteiger partial charge in [-0.05, 0) is 67.6 Å². The lowest BCUT2D eigenvalue weighted by Gasteiger charge is -2.08. The van der Waals surface area contributed by atoms with E-state index in [1.807, 2.05) is 0 Å². The molecule has 0 aliphatic carbocycles. The van der Waals surface area contributed by atoms with Gasteiger partial charge in [0.25, 0.3) is 0 Å². The lowest BCUT2D eigenvalue weighted by Crippen LogP contribution is -3.62. The molecule has 0 fully saturated rings. The number of hydrogen-bond acceptors (Lipinski definition) is 3. The Hall–Kier alpha value is -0.400. The van der Waals surface area contributed by atoms with Crippen molar-refractivity contribution in [3.8, 4) is 0 Å². The second kappa shape index (κ2) is 9.00. The Morgan fingerprint density at radius 1 is 1.00 bits per heavy atom. The molecule has 0 amide bonds. The fourth-order valence-electron chi connectivity index (χ4n) is 1.91. The highest BCUT2D eigenvalue weighted by atomic mass is 127. The summed E-state index contributed by atoms with van der Waals surface area (Å²) in [4.78, 5) is 0. The van der Waals surface area contributed by atoms with Crippen LogP contribution in [0.1, 0.15) is 16.7 Å². The molecule has 2 rings (SSSR count). The first kappa shape index (κ1) is 22.6. The van der Waals surface area contributed by atoms with E-state index in [4.69, 9.17) is 13.0 Å². The summed E-state index contributed by atoms with van der Waals surface area (Å²) in [7, 11) is -6.09. The van der Waals surface area contributed by atoms with Crippen molar-refractivity contribution in [2.24, 2.45) is 0 Å². The van der Waals surface area contributed by atoms with Gasteiger partial charge in [0, 0.05) is 14.7 Å². The van der Waals surface area contributed by atoms with Crippen LogP contribution in [0.3, 0.4) is 0 Å². The van der Waals surface area contributed by atoms with Crippen LogP contribution in [0.2, 0.25) is 0 Å². The van der Waals surface area contributed by atoms with Gasteiger partial charge in [0.05, 0.1) is 0 Å². The summed E-state index contributed by atoms with van der Waals surface area (Å²) in [6, 6.07) is 13.5. The first-order valence-corrected chi connectivity index (χ1v) is 11.5. The Labute approximate surface area is 169 Å². The fraction of sp³-hybridized carbons (Fsp3) is 0.250. The third-order valence-electron chi connectivity index (χ3n) is 2.87. The molecule has 0 saturated carbocycles. The van der Waals surface area contributed by atoms with E-state index >= 15 is 0 Å². The van der Waals surface area contributed by atoms with Crippen molar-refractivity contribution < 1.29 is 47.3 Å². The van der Waals surface area contributed by atoms with Gasteiger partial charge < -0.3 is 4.55 Å². The van der Waals surface area contributed by atoms with Gasteiger partial charge >= 0.3 is 26.7 Å². The standard InChI is InChI=1S/C15H15I2.CHF3O3S/c1-10-8-11(2)15(12(3)9-10)17-14-6-4-13(16)5-7-14;2-1(3,4)8(5,6)7/h4-9H,1-3H3;(H,5,6,7)/q+1;/p-1. The van der Waals surface area contributed by atoms with E-state index in [0.717, 1.165) is 0 Å². The van der Waals surface area contributed by atoms with Crippen molar-refractivity contribution in [2.45, 2.75) is 26.3 Å². The quantitative estimate of drug-likeness (QED) is 0.299. The minimum absolute atomic E-state index is 0.0436. The maximum atomic E-state index is 10.7. The van der Waals surface area contributed by atoms with Crippen LogP contribution in [0.15, 0.2) is 36.4 Å². The smallest absolute Gasteiger partial charge is 0.485 e. The average Bonchev–Trinajstić information content (AvgIpc) is 2.43. The molecule has 0 unspecified atom stereocenters. The van der Waals surface area contributed by atoms with Gasteiger partial charge in [0.1, 0.15) is 0 Å². The van der Waals surface area contributed by atoms with Crippen molar-refractivity contribution in [3.05, 3.63) is 63.8 Å². The first-order valence-electron chi connectivity index (χ1n) is 6.81. The molecule has 0 bridgehead atoms. The molecule has 0 aliphatic heterocycles. The van der Waals surface area contributed by atoms with Gasteiger partial charge in [-0.2, -0.15) is 13.2 Å². The summed E-state index contributed by atoms with van der Waals surface area (Å²) in [5, 5.41) is 0. The molecule has 0 radical (unpaired) electrons. The van der Waals surface area contributed by atoms with Crippen LogP contribution in [-0.4, -0.2) is 18.5 Å². The van der Waals surface area contributed by atoms with Crippen LogP contribution in [0.5, 0.6) is 0 Å². The number of hydrogen-bond donors (Lipinski definition) is 0. The maximum absolute atomic E-state index is 10.7. The van der Waals surface area contributed by atoms with E-state index < -0.39 is 15.6 Å². The summed E-state index contributed by atoms with van der Waals surface area (Å²) in [6.45, 7) is 6.65. The molecular formula is C16H15F3I2O3S. The molecule has 9 heteroatoms. The molecule has 0 atom stereocenters. The van der Waals surface area contributed by atoms with Gasteiger partial charge in [0.2, 0.25) is 0 Å². The summed E-state index contributed by atoms with van der Waals surface area (Å²) in [6.07, 6.45) is 0. The number of rotatable bonds is 2. The zero-order valence-electron chi connectivity index (χ0n) is 13.5. The van der Waals surface area contributed by atoms with Crippen LogP contribution in [0.25, 0.3) is 0 Å². The Morgan fingerprint density at radius 3 is 1.76 bits per heavy atom. The van der Waals surface area contributed by atoms with Gasteiger partial charge in [-0.3, -0.25) is 0 Å². The van der Waals surface area contributed by atoms with Gasteiger partial charge in [0.15, 0.2) is 17.3 Å². The molecule has 2 aromatic carbocycles. The molecule has 0 aliphatic rings. The highest BCUT2D eigenvalue weighted by Gasteiger charge is 2.36. The van der Waals surface area contributed by atoms with E-state index in [9.17, 15) is 13.2 Å². The van der Waals surface area contributed by atoms with Crippen molar-refractivity contribution >= 4 is 32.7 Å². The Kier molecular flexibility index (Phi) is 8.15. The zero-order chi connectivity index (χ0) is 19.4. The normalized spacial score (nSPS) is 11.7. The largest absolute Gasteiger partial charge is 0.741 e. The SMILES string of the molecule is Cc1cc(C)c([I+]c2ccc(I)cc2)c(C)c1.O=S(=O)([O-])C(F)(F)F. The van der Waals surface area contributed by atoms with Crippen LogP contribution < -0.4 is 21.2 Å². The molecule has 0 saturated heterocycles. The highest BCUT2D eigenvalue weighted by molar-refractivity contribution is 14.1. The molecular weight excluding hydrogens is 583 g/mol. The number of benzene rings is 2. The summed E-state index contributed by atoms with van der Waals surface area (Å²) in [5.41, 5.74) is -1.37. The lowest BCUT2D eigenvalue weighted by atomic mass is 10.1.